The Hall–Kier alpha value is -0.845. The lowest BCUT2D eigenvalue weighted by atomic mass is 9.77. The van der Waals surface area contributed by atoms with E-state index < -0.39 is 0 Å². The Bertz CT molecular complexity index is 495. The smallest absolute Gasteiger partial charge is 0.399 e. The summed E-state index contributed by atoms with van der Waals surface area (Å²) in [7, 11) is -0.351. The van der Waals surface area contributed by atoms with Crippen molar-refractivity contribution in [2.75, 3.05) is 13.2 Å². The number of ether oxygens (including phenoxy) is 1. The third-order valence-corrected chi connectivity index (χ3v) is 4.58. The zero-order chi connectivity index (χ0) is 15.8. The molecule has 1 aliphatic rings. The molecular formula is C15H27BN2O3. The van der Waals surface area contributed by atoms with Crippen molar-refractivity contribution in [2.24, 2.45) is 0 Å². The molecule has 0 aliphatic carbocycles. The standard InChI is InChI=1S/C15H27BN2O3/c1-8-19-10-9-18-12(3)13(11(2)17-18)16-20-14(4,5)15(6,7)21-16/h8-10H2,1-7H3. The van der Waals surface area contributed by atoms with Gasteiger partial charge in [-0.25, -0.2) is 0 Å². The van der Waals surface area contributed by atoms with E-state index in [1.807, 2.05) is 18.5 Å². The summed E-state index contributed by atoms with van der Waals surface area (Å²) in [5.41, 5.74) is 2.44. The van der Waals surface area contributed by atoms with Gasteiger partial charge in [-0.3, -0.25) is 4.68 Å². The molecule has 0 radical (unpaired) electrons. The Labute approximate surface area is 128 Å². The van der Waals surface area contributed by atoms with Crippen LogP contribution in [0.5, 0.6) is 0 Å². The summed E-state index contributed by atoms with van der Waals surface area (Å²) in [5.74, 6) is 0. The molecule has 1 aliphatic heterocycles. The average molecular weight is 294 g/mol. The first kappa shape index (κ1) is 16.5. The normalized spacial score (nSPS) is 20.2. The lowest BCUT2D eigenvalue weighted by Crippen LogP contribution is -2.41. The molecule has 21 heavy (non-hydrogen) atoms. The summed E-state index contributed by atoms with van der Waals surface area (Å²) in [6, 6.07) is 0. The second-order valence-electron chi connectivity index (χ2n) is 6.59. The van der Waals surface area contributed by atoms with Crippen LogP contribution in [0.2, 0.25) is 0 Å². The molecule has 0 N–H and O–H groups in total. The first-order chi connectivity index (χ1) is 9.69. The topological polar surface area (TPSA) is 45.5 Å². The fourth-order valence-electron chi connectivity index (χ4n) is 2.53. The van der Waals surface area contributed by atoms with Crippen molar-refractivity contribution >= 4 is 12.6 Å². The van der Waals surface area contributed by atoms with Gasteiger partial charge in [-0.05, 0) is 48.5 Å². The first-order valence-electron chi connectivity index (χ1n) is 7.67. The van der Waals surface area contributed by atoms with E-state index in [1.54, 1.807) is 0 Å². The van der Waals surface area contributed by atoms with Crippen LogP contribution in [0.25, 0.3) is 0 Å². The second kappa shape index (κ2) is 5.74. The molecule has 0 spiro atoms. The van der Waals surface area contributed by atoms with E-state index in [0.29, 0.717) is 6.61 Å². The van der Waals surface area contributed by atoms with Crippen LogP contribution in [0.4, 0.5) is 0 Å². The van der Waals surface area contributed by atoms with Crippen LogP contribution in [-0.2, 0) is 20.6 Å². The number of hydrogen-bond donors (Lipinski definition) is 0. The lowest BCUT2D eigenvalue weighted by molar-refractivity contribution is 0.00578. The Morgan fingerprint density at radius 1 is 1.14 bits per heavy atom. The first-order valence-corrected chi connectivity index (χ1v) is 7.67. The molecule has 0 bridgehead atoms. The fourth-order valence-corrected chi connectivity index (χ4v) is 2.53. The van der Waals surface area contributed by atoms with Crippen molar-refractivity contribution in [3.63, 3.8) is 0 Å². The monoisotopic (exact) mass is 294 g/mol. The van der Waals surface area contributed by atoms with Crippen molar-refractivity contribution in [2.45, 2.75) is 66.2 Å². The summed E-state index contributed by atoms with van der Waals surface area (Å²) in [6.07, 6.45) is 0. The Morgan fingerprint density at radius 2 is 1.71 bits per heavy atom. The van der Waals surface area contributed by atoms with Gasteiger partial charge in [0.2, 0.25) is 0 Å². The van der Waals surface area contributed by atoms with Crippen molar-refractivity contribution in [1.82, 2.24) is 9.78 Å². The van der Waals surface area contributed by atoms with Gasteiger partial charge in [0, 0.05) is 17.8 Å². The molecule has 1 saturated heterocycles. The largest absolute Gasteiger partial charge is 0.498 e. The van der Waals surface area contributed by atoms with Crippen LogP contribution < -0.4 is 5.46 Å². The van der Waals surface area contributed by atoms with Gasteiger partial charge in [-0.2, -0.15) is 5.10 Å². The molecule has 2 heterocycles. The van der Waals surface area contributed by atoms with Crippen molar-refractivity contribution in [3.8, 4) is 0 Å². The van der Waals surface area contributed by atoms with E-state index in [0.717, 1.165) is 30.0 Å². The highest BCUT2D eigenvalue weighted by atomic mass is 16.7. The molecular weight excluding hydrogens is 267 g/mol. The van der Waals surface area contributed by atoms with Crippen LogP contribution in [-0.4, -0.2) is 41.3 Å². The molecule has 2 rings (SSSR count). The van der Waals surface area contributed by atoms with Gasteiger partial charge in [0.1, 0.15) is 0 Å². The molecule has 0 aromatic carbocycles. The maximum atomic E-state index is 6.14. The third-order valence-electron chi connectivity index (χ3n) is 4.58. The van der Waals surface area contributed by atoms with Crippen LogP contribution in [0.1, 0.15) is 46.0 Å². The van der Waals surface area contributed by atoms with Gasteiger partial charge < -0.3 is 14.0 Å². The lowest BCUT2D eigenvalue weighted by Gasteiger charge is -2.32. The summed E-state index contributed by atoms with van der Waals surface area (Å²) in [6.45, 7) is 16.5. The zero-order valence-electron chi connectivity index (χ0n) is 14.3. The average Bonchev–Trinajstić information content (AvgIpc) is 2.74. The van der Waals surface area contributed by atoms with Gasteiger partial charge >= 0.3 is 7.12 Å². The summed E-state index contributed by atoms with van der Waals surface area (Å²) < 4.78 is 19.7. The molecule has 6 heteroatoms. The molecule has 0 saturated carbocycles. The maximum absolute atomic E-state index is 6.14. The molecule has 1 aromatic rings. The van der Waals surface area contributed by atoms with Gasteiger partial charge in [-0.15, -0.1) is 0 Å². The summed E-state index contributed by atoms with van der Waals surface area (Å²) in [4.78, 5) is 0. The Balaban J connectivity index is 2.22. The third kappa shape index (κ3) is 3.03. The van der Waals surface area contributed by atoms with Gasteiger partial charge in [-0.1, -0.05) is 0 Å². The number of aromatic nitrogens is 2. The summed E-state index contributed by atoms with van der Waals surface area (Å²) in [5, 5.41) is 4.60. The highest BCUT2D eigenvalue weighted by Crippen LogP contribution is 2.36. The summed E-state index contributed by atoms with van der Waals surface area (Å²) >= 11 is 0. The van der Waals surface area contributed by atoms with Gasteiger partial charge in [0.05, 0.1) is 30.0 Å². The molecule has 1 aromatic heterocycles. The van der Waals surface area contributed by atoms with Crippen LogP contribution >= 0.6 is 0 Å². The molecule has 0 amide bonds. The van der Waals surface area contributed by atoms with E-state index in [9.17, 15) is 0 Å². The van der Waals surface area contributed by atoms with E-state index in [2.05, 4.69) is 39.7 Å². The minimum absolute atomic E-state index is 0.329. The number of rotatable bonds is 5. The van der Waals surface area contributed by atoms with Gasteiger partial charge in [0.25, 0.3) is 0 Å². The maximum Gasteiger partial charge on any atom is 0.498 e. The van der Waals surface area contributed by atoms with E-state index in [-0.39, 0.29) is 18.3 Å². The minimum Gasteiger partial charge on any atom is -0.399 e. The fraction of sp³-hybridized carbons (Fsp3) is 0.800. The number of hydrogen-bond acceptors (Lipinski definition) is 4. The quantitative estimate of drug-likeness (QED) is 0.614. The number of nitrogens with zero attached hydrogens (tertiary/aromatic N) is 2. The van der Waals surface area contributed by atoms with Crippen molar-refractivity contribution in [3.05, 3.63) is 11.4 Å². The minimum atomic E-state index is -0.351. The predicted molar refractivity (Wildman–Crippen MR) is 83.9 cm³/mol. The Morgan fingerprint density at radius 3 is 2.24 bits per heavy atom. The van der Waals surface area contributed by atoms with Crippen molar-refractivity contribution < 1.29 is 14.0 Å². The van der Waals surface area contributed by atoms with E-state index >= 15 is 0 Å². The molecule has 1 fully saturated rings. The molecule has 118 valence electrons. The highest BCUT2D eigenvalue weighted by molar-refractivity contribution is 6.63. The molecule has 0 unspecified atom stereocenters. The van der Waals surface area contributed by atoms with Crippen LogP contribution in [0.3, 0.4) is 0 Å². The zero-order valence-corrected chi connectivity index (χ0v) is 14.3. The number of aryl methyl sites for hydroxylation is 1. The highest BCUT2D eigenvalue weighted by Gasteiger charge is 2.53. The van der Waals surface area contributed by atoms with Crippen LogP contribution in [0, 0.1) is 13.8 Å². The van der Waals surface area contributed by atoms with Gasteiger partial charge in [0.15, 0.2) is 0 Å². The molecule has 0 atom stereocenters. The van der Waals surface area contributed by atoms with Crippen LogP contribution in [0.15, 0.2) is 0 Å². The second-order valence-corrected chi connectivity index (χ2v) is 6.59. The molecule has 5 nitrogen and oxygen atoms in total. The van der Waals surface area contributed by atoms with Crippen molar-refractivity contribution in [1.29, 1.82) is 0 Å². The van der Waals surface area contributed by atoms with E-state index in [4.69, 9.17) is 14.0 Å². The SMILES string of the molecule is CCOCCn1nc(C)c(B2OC(C)(C)C(C)(C)O2)c1C. The van der Waals surface area contributed by atoms with E-state index in [1.165, 1.54) is 0 Å². The predicted octanol–water partition coefficient (Wildman–Crippen LogP) is 1.84. The Kier molecular flexibility index (Phi) is 4.52.